The van der Waals surface area contributed by atoms with Crippen molar-refractivity contribution in [2.24, 2.45) is 11.8 Å². The van der Waals surface area contributed by atoms with E-state index in [0.717, 1.165) is 17.2 Å². The first kappa shape index (κ1) is 30.4. The van der Waals surface area contributed by atoms with E-state index in [1.807, 2.05) is 42.5 Å². The number of anilines is 1. The second-order valence-corrected chi connectivity index (χ2v) is 12.5. The number of hydrogen-bond donors (Lipinski definition) is 1. The van der Waals surface area contributed by atoms with E-state index in [4.69, 9.17) is 9.47 Å². The standard InChI is InChI=1S/C33H39BrN2O6/c1-3-5-11-19-41-32(40)26-27-30(38)36(17-9-6-10-18-37)29(33(27)21-25(34)28(26)42-33)31(39)35(16-4-2)24-15-14-22-12-7-8-13-23(22)20-24/h3-4,7-8,12-15,20,25-29,37H,1-2,5-6,9-11,16-19,21H2/t25?,26-,27+,28-,29?,33?/m1/s1. The van der Waals surface area contributed by atoms with Gasteiger partial charge in [-0.25, -0.2) is 0 Å². The van der Waals surface area contributed by atoms with Gasteiger partial charge in [0.05, 0.1) is 24.5 Å². The van der Waals surface area contributed by atoms with Gasteiger partial charge in [-0.1, -0.05) is 58.4 Å². The summed E-state index contributed by atoms with van der Waals surface area (Å²) in [4.78, 5) is 45.4. The van der Waals surface area contributed by atoms with Crippen LogP contribution in [0.15, 0.2) is 67.8 Å². The molecule has 2 bridgehead atoms. The topological polar surface area (TPSA) is 96.4 Å². The van der Waals surface area contributed by atoms with Crippen LogP contribution in [-0.2, 0) is 23.9 Å². The number of carbonyl (C=O) groups is 3. The predicted molar refractivity (Wildman–Crippen MR) is 165 cm³/mol. The number of rotatable bonds is 14. The maximum atomic E-state index is 14.7. The van der Waals surface area contributed by atoms with Crippen LogP contribution < -0.4 is 4.90 Å². The number of unbranched alkanes of at least 4 members (excludes halogenated alkanes) is 3. The summed E-state index contributed by atoms with van der Waals surface area (Å²) in [5, 5.41) is 11.3. The van der Waals surface area contributed by atoms with Crippen molar-refractivity contribution < 1.29 is 29.0 Å². The molecule has 2 amide bonds. The largest absolute Gasteiger partial charge is 0.465 e. The van der Waals surface area contributed by atoms with Gasteiger partial charge in [-0.05, 0) is 61.4 Å². The third kappa shape index (κ3) is 5.42. The van der Waals surface area contributed by atoms with Gasteiger partial charge in [-0.2, -0.15) is 0 Å². The molecule has 8 nitrogen and oxygen atoms in total. The highest BCUT2D eigenvalue weighted by Crippen LogP contribution is 2.60. The number of allylic oxidation sites excluding steroid dienone is 1. The SMILES string of the molecule is C=CCCCOC(=O)[C@H]1[C@@H]2OC3(CC2Br)C(C(=O)N(CC=C)c2ccc4ccccc4c2)N(CCCCCO)C(=O)[C@H]13. The molecular formula is C33H39BrN2O6. The second kappa shape index (κ2) is 13.1. The molecule has 3 aliphatic heterocycles. The van der Waals surface area contributed by atoms with Gasteiger partial charge in [0.15, 0.2) is 0 Å². The van der Waals surface area contributed by atoms with Crippen molar-refractivity contribution in [1.82, 2.24) is 4.90 Å². The number of fused-ring (bicyclic) bond motifs is 2. The van der Waals surface area contributed by atoms with Gasteiger partial charge >= 0.3 is 5.97 Å². The van der Waals surface area contributed by atoms with E-state index in [9.17, 15) is 19.5 Å². The molecule has 1 spiro atoms. The van der Waals surface area contributed by atoms with E-state index in [0.29, 0.717) is 44.3 Å². The normalized spacial score (nSPS) is 27.7. The average Bonchev–Trinajstić information content (AvgIpc) is 3.59. The summed E-state index contributed by atoms with van der Waals surface area (Å²) in [5.41, 5.74) is -0.461. The van der Waals surface area contributed by atoms with Crippen LogP contribution in [0.3, 0.4) is 0 Å². The Morgan fingerprint density at radius 1 is 1.12 bits per heavy atom. The Morgan fingerprint density at radius 2 is 1.90 bits per heavy atom. The predicted octanol–water partition coefficient (Wildman–Crippen LogP) is 4.78. The van der Waals surface area contributed by atoms with Gasteiger partial charge in [0.2, 0.25) is 5.91 Å². The Balaban J connectivity index is 1.51. The highest BCUT2D eigenvalue weighted by atomic mass is 79.9. The van der Waals surface area contributed by atoms with Crippen molar-refractivity contribution in [2.75, 3.05) is 31.2 Å². The summed E-state index contributed by atoms with van der Waals surface area (Å²) in [6.45, 7) is 8.48. The van der Waals surface area contributed by atoms with Crippen molar-refractivity contribution in [1.29, 1.82) is 0 Å². The minimum Gasteiger partial charge on any atom is -0.465 e. The van der Waals surface area contributed by atoms with Crippen LogP contribution in [0.4, 0.5) is 5.69 Å². The molecule has 0 saturated carbocycles. The van der Waals surface area contributed by atoms with Crippen molar-refractivity contribution in [3.63, 3.8) is 0 Å². The fourth-order valence-electron chi connectivity index (χ4n) is 6.93. The summed E-state index contributed by atoms with van der Waals surface area (Å²) >= 11 is 3.71. The van der Waals surface area contributed by atoms with Crippen LogP contribution in [0.2, 0.25) is 0 Å². The Bertz CT molecular complexity index is 1350. The number of likely N-dealkylation sites (tertiary alicyclic amines) is 1. The Labute approximate surface area is 255 Å². The van der Waals surface area contributed by atoms with Gasteiger partial charge < -0.3 is 24.4 Å². The Morgan fingerprint density at radius 3 is 2.64 bits per heavy atom. The lowest BCUT2D eigenvalue weighted by atomic mass is 9.70. The van der Waals surface area contributed by atoms with Gasteiger partial charge in [0, 0.05) is 30.2 Å². The number of halogens is 1. The van der Waals surface area contributed by atoms with Crippen LogP contribution in [-0.4, -0.2) is 76.7 Å². The summed E-state index contributed by atoms with van der Waals surface area (Å²) < 4.78 is 12.2. The number of esters is 1. The summed E-state index contributed by atoms with van der Waals surface area (Å²) in [7, 11) is 0. The fraction of sp³-hybridized carbons (Fsp3) is 0.485. The smallest absolute Gasteiger partial charge is 0.312 e. The zero-order valence-corrected chi connectivity index (χ0v) is 25.4. The number of nitrogens with zero attached hydrogens (tertiary/aromatic N) is 2. The number of aliphatic hydroxyl groups excluding tert-OH is 1. The van der Waals surface area contributed by atoms with E-state index >= 15 is 0 Å². The van der Waals surface area contributed by atoms with Crippen molar-refractivity contribution >= 4 is 50.2 Å². The zero-order valence-electron chi connectivity index (χ0n) is 23.8. The van der Waals surface area contributed by atoms with Crippen LogP contribution in [0, 0.1) is 11.8 Å². The van der Waals surface area contributed by atoms with Gasteiger partial charge in [-0.15, -0.1) is 13.2 Å². The van der Waals surface area contributed by atoms with Crippen molar-refractivity contribution in [3.05, 3.63) is 67.8 Å². The number of hydrogen-bond acceptors (Lipinski definition) is 6. The molecule has 5 rings (SSSR count). The molecule has 3 aliphatic rings. The molecule has 1 N–H and O–H groups in total. The fourth-order valence-corrected chi connectivity index (χ4v) is 7.87. The average molecular weight is 640 g/mol. The zero-order chi connectivity index (χ0) is 29.9. The minimum atomic E-state index is -1.16. The first-order chi connectivity index (χ1) is 20.4. The number of benzene rings is 2. The molecule has 6 atom stereocenters. The lowest BCUT2D eigenvalue weighted by Crippen LogP contribution is -2.57. The molecule has 0 aromatic heterocycles. The van der Waals surface area contributed by atoms with E-state index in [1.54, 1.807) is 22.0 Å². The minimum absolute atomic E-state index is 0.0633. The maximum Gasteiger partial charge on any atom is 0.312 e. The Hall–Kier alpha value is -3.01. The lowest BCUT2D eigenvalue weighted by Gasteiger charge is -2.37. The molecule has 3 heterocycles. The van der Waals surface area contributed by atoms with Crippen LogP contribution in [0.5, 0.6) is 0 Å². The number of aliphatic hydroxyl groups is 1. The molecular weight excluding hydrogens is 600 g/mol. The van der Waals surface area contributed by atoms with Crippen LogP contribution in [0.25, 0.3) is 10.8 Å². The third-order valence-corrected chi connectivity index (χ3v) is 9.62. The number of alkyl halides is 1. The molecule has 224 valence electrons. The summed E-state index contributed by atoms with van der Waals surface area (Å²) in [6.07, 6.45) is 6.61. The highest BCUT2D eigenvalue weighted by Gasteiger charge is 2.77. The monoisotopic (exact) mass is 638 g/mol. The quantitative estimate of drug-likeness (QED) is 0.138. The molecule has 2 aromatic carbocycles. The highest BCUT2D eigenvalue weighted by molar-refractivity contribution is 9.09. The maximum absolute atomic E-state index is 14.7. The molecule has 3 fully saturated rings. The van der Waals surface area contributed by atoms with E-state index in [2.05, 4.69) is 29.1 Å². The molecule has 3 unspecified atom stereocenters. The number of amides is 2. The molecule has 2 aromatic rings. The van der Waals surface area contributed by atoms with Gasteiger partial charge in [0.25, 0.3) is 5.91 Å². The first-order valence-electron chi connectivity index (χ1n) is 14.8. The third-order valence-electron chi connectivity index (χ3n) is 8.77. The van der Waals surface area contributed by atoms with Crippen LogP contribution >= 0.6 is 15.9 Å². The molecule has 9 heteroatoms. The lowest BCUT2D eigenvalue weighted by molar-refractivity contribution is -0.155. The summed E-state index contributed by atoms with van der Waals surface area (Å²) in [5.74, 6) is -2.57. The first-order valence-corrected chi connectivity index (χ1v) is 15.7. The van der Waals surface area contributed by atoms with Crippen LogP contribution in [0.1, 0.15) is 38.5 Å². The van der Waals surface area contributed by atoms with Gasteiger partial charge in [0.1, 0.15) is 11.6 Å². The molecule has 0 aliphatic carbocycles. The molecule has 3 saturated heterocycles. The number of carbonyl (C=O) groups excluding carboxylic acids is 3. The van der Waals surface area contributed by atoms with Crippen molar-refractivity contribution in [3.8, 4) is 0 Å². The van der Waals surface area contributed by atoms with E-state index in [1.165, 1.54) is 0 Å². The Kier molecular flexibility index (Phi) is 9.50. The second-order valence-electron chi connectivity index (χ2n) is 11.3. The summed E-state index contributed by atoms with van der Waals surface area (Å²) in [6, 6.07) is 12.9. The number of ether oxygens (including phenoxy) is 2. The molecule has 0 radical (unpaired) electrons. The van der Waals surface area contributed by atoms with E-state index < -0.39 is 35.6 Å². The van der Waals surface area contributed by atoms with E-state index in [-0.39, 0.29) is 36.4 Å². The van der Waals surface area contributed by atoms with Gasteiger partial charge in [-0.3, -0.25) is 14.4 Å². The molecule has 42 heavy (non-hydrogen) atoms. The van der Waals surface area contributed by atoms with Crippen molar-refractivity contribution in [2.45, 2.75) is 61.1 Å².